The van der Waals surface area contributed by atoms with Crippen LogP contribution in [0.25, 0.3) is 0 Å². The Labute approximate surface area is 144 Å². The molecule has 3 heterocycles. The number of likely N-dealkylation sites (tertiary alicyclic amines) is 1. The highest BCUT2D eigenvalue weighted by atomic mass is 16.2. The van der Waals surface area contributed by atoms with E-state index in [9.17, 15) is 4.79 Å². The number of nitrogens with one attached hydrogen (secondary N) is 1. The minimum Gasteiger partial charge on any atom is -0.340 e. The third-order valence-electron chi connectivity index (χ3n) is 5.11. The average molecular weight is 334 g/mol. The summed E-state index contributed by atoms with van der Waals surface area (Å²) in [7, 11) is 0. The molecule has 7 heteroatoms. The lowest BCUT2D eigenvalue weighted by molar-refractivity contribution is -0.132. The first kappa shape index (κ1) is 17.4. The molecule has 2 fully saturated rings. The molecule has 1 atom stereocenters. The van der Waals surface area contributed by atoms with Crippen LogP contribution >= 0.6 is 0 Å². The first-order valence-corrected chi connectivity index (χ1v) is 9.20. The quantitative estimate of drug-likeness (QED) is 0.846. The van der Waals surface area contributed by atoms with E-state index >= 15 is 0 Å². The van der Waals surface area contributed by atoms with Gasteiger partial charge in [0.25, 0.3) is 0 Å². The Morgan fingerprint density at radius 1 is 1.25 bits per heavy atom. The van der Waals surface area contributed by atoms with E-state index in [4.69, 9.17) is 0 Å². The van der Waals surface area contributed by atoms with Gasteiger partial charge in [-0.2, -0.15) is 5.10 Å². The molecule has 1 aromatic heterocycles. The minimum absolute atomic E-state index is 0.307. The maximum atomic E-state index is 12.3. The fourth-order valence-electron chi connectivity index (χ4n) is 3.81. The van der Waals surface area contributed by atoms with Gasteiger partial charge in [0.1, 0.15) is 11.6 Å². The van der Waals surface area contributed by atoms with Crippen LogP contribution in [0.2, 0.25) is 0 Å². The van der Waals surface area contributed by atoms with E-state index in [1.807, 2.05) is 23.4 Å². The van der Waals surface area contributed by atoms with Crippen molar-refractivity contribution < 1.29 is 4.79 Å². The summed E-state index contributed by atoms with van der Waals surface area (Å²) in [5.74, 6) is 2.76. The lowest BCUT2D eigenvalue weighted by atomic mass is 9.98. The van der Waals surface area contributed by atoms with Crippen molar-refractivity contribution in [2.24, 2.45) is 5.92 Å². The monoisotopic (exact) mass is 334 g/mol. The van der Waals surface area contributed by atoms with E-state index in [2.05, 4.69) is 20.3 Å². The highest BCUT2D eigenvalue weighted by Gasteiger charge is 2.23. The molecule has 1 aromatic rings. The molecule has 24 heavy (non-hydrogen) atoms. The number of carbonyl (C=O) groups is 1. The maximum Gasteiger partial charge on any atom is 0.223 e. The van der Waals surface area contributed by atoms with Crippen LogP contribution in [0.5, 0.6) is 0 Å². The molecule has 0 saturated carbocycles. The van der Waals surface area contributed by atoms with Gasteiger partial charge in [0.05, 0.1) is 0 Å². The van der Waals surface area contributed by atoms with Crippen LogP contribution in [0.4, 0.5) is 0 Å². The lowest BCUT2D eigenvalue weighted by Crippen LogP contribution is -2.47. The number of hydrogen-bond donors (Lipinski definition) is 1. The molecule has 2 saturated heterocycles. The van der Waals surface area contributed by atoms with E-state index in [1.165, 1.54) is 12.8 Å². The van der Waals surface area contributed by atoms with E-state index in [-0.39, 0.29) is 0 Å². The zero-order valence-corrected chi connectivity index (χ0v) is 15.0. The summed E-state index contributed by atoms with van der Waals surface area (Å²) >= 11 is 0. The van der Waals surface area contributed by atoms with Crippen LogP contribution < -0.4 is 5.32 Å². The Bertz CT molecular complexity index is 551. The SMILES string of the molecule is Cc1nc(C)n(CC2CCCN(CCC(=O)N3CCNCC3)C2)n1. The van der Waals surface area contributed by atoms with Crippen molar-refractivity contribution in [3.8, 4) is 0 Å². The third kappa shape index (κ3) is 4.54. The molecule has 134 valence electrons. The summed E-state index contributed by atoms with van der Waals surface area (Å²) in [6.45, 7) is 11.5. The van der Waals surface area contributed by atoms with E-state index < -0.39 is 0 Å². The van der Waals surface area contributed by atoms with Crippen molar-refractivity contribution in [1.29, 1.82) is 0 Å². The van der Waals surface area contributed by atoms with Crippen LogP contribution in [0.3, 0.4) is 0 Å². The number of nitrogens with zero attached hydrogens (tertiary/aromatic N) is 5. The highest BCUT2D eigenvalue weighted by molar-refractivity contribution is 5.76. The van der Waals surface area contributed by atoms with Crippen LogP contribution in [0, 0.1) is 19.8 Å². The lowest BCUT2D eigenvalue weighted by Gasteiger charge is -2.33. The molecule has 1 amide bonds. The molecule has 0 aromatic carbocycles. The summed E-state index contributed by atoms with van der Waals surface area (Å²) < 4.78 is 2.04. The first-order valence-electron chi connectivity index (χ1n) is 9.20. The Kier molecular flexibility index (Phi) is 5.84. The molecular formula is C17H30N6O. The number of amides is 1. The summed E-state index contributed by atoms with van der Waals surface area (Å²) in [5, 5.41) is 7.78. The number of carbonyl (C=O) groups excluding carboxylic acids is 1. The van der Waals surface area contributed by atoms with Gasteiger partial charge in [0.2, 0.25) is 5.91 Å². The Morgan fingerprint density at radius 3 is 2.75 bits per heavy atom. The topological polar surface area (TPSA) is 66.3 Å². The highest BCUT2D eigenvalue weighted by Crippen LogP contribution is 2.19. The molecule has 0 bridgehead atoms. The molecule has 7 nitrogen and oxygen atoms in total. The third-order valence-corrected chi connectivity index (χ3v) is 5.11. The molecular weight excluding hydrogens is 304 g/mol. The molecule has 3 rings (SSSR count). The number of hydrogen-bond acceptors (Lipinski definition) is 5. The molecule has 2 aliphatic rings. The average Bonchev–Trinajstić information content (AvgIpc) is 2.91. The Balaban J connectivity index is 1.45. The number of aryl methyl sites for hydroxylation is 2. The fraction of sp³-hybridized carbons (Fsp3) is 0.824. The van der Waals surface area contributed by atoms with Crippen LogP contribution in [0.15, 0.2) is 0 Å². The second kappa shape index (κ2) is 8.07. The van der Waals surface area contributed by atoms with Crippen molar-refractivity contribution in [3.05, 3.63) is 11.6 Å². The number of piperidine rings is 1. The Hall–Kier alpha value is -1.47. The summed E-state index contributed by atoms with van der Waals surface area (Å²) in [6.07, 6.45) is 3.09. The van der Waals surface area contributed by atoms with Gasteiger partial charge in [0, 0.05) is 52.2 Å². The van der Waals surface area contributed by atoms with Crippen molar-refractivity contribution in [2.75, 3.05) is 45.8 Å². The molecule has 1 unspecified atom stereocenters. The second-order valence-corrected chi connectivity index (χ2v) is 7.08. The van der Waals surface area contributed by atoms with Crippen molar-refractivity contribution in [1.82, 2.24) is 29.9 Å². The van der Waals surface area contributed by atoms with Crippen LogP contribution in [-0.2, 0) is 11.3 Å². The molecule has 0 spiro atoms. The maximum absolute atomic E-state index is 12.3. The van der Waals surface area contributed by atoms with E-state index in [0.29, 0.717) is 18.2 Å². The summed E-state index contributed by atoms with van der Waals surface area (Å²) in [5.41, 5.74) is 0. The molecule has 2 aliphatic heterocycles. The zero-order chi connectivity index (χ0) is 16.9. The van der Waals surface area contributed by atoms with Crippen molar-refractivity contribution in [3.63, 3.8) is 0 Å². The van der Waals surface area contributed by atoms with Gasteiger partial charge in [-0.1, -0.05) is 0 Å². The van der Waals surface area contributed by atoms with Gasteiger partial charge in [0.15, 0.2) is 0 Å². The van der Waals surface area contributed by atoms with E-state index in [1.54, 1.807) is 0 Å². The van der Waals surface area contributed by atoms with Crippen molar-refractivity contribution >= 4 is 5.91 Å². The van der Waals surface area contributed by atoms with Gasteiger partial charge in [-0.05, 0) is 39.2 Å². The normalized spacial score (nSPS) is 22.8. The smallest absolute Gasteiger partial charge is 0.223 e. The molecule has 1 N–H and O–H groups in total. The van der Waals surface area contributed by atoms with Gasteiger partial charge in [-0.15, -0.1) is 0 Å². The number of aromatic nitrogens is 3. The van der Waals surface area contributed by atoms with E-state index in [0.717, 1.165) is 64.0 Å². The fourth-order valence-corrected chi connectivity index (χ4v) is 3.81. The van der Waals surface area contributed by atoms with Crippen molar-refractivity contribution in [2.45, 2.75) is 39.7 Å². The first-order chi connectivity index (χ1) is 11.6. The number of rotatable bonds is 5. The Morgan fingerprint density at radius 2 is 2.04 bits per heavy atom. The summed E-state index contributed by atoms with van der Waals surface area (Å²) in [6, 6.07) is 0. The molecule has 0 radical (unpaired) electrons. The van der Waals surface area contributed by atoms with Crippen LogP contribution in [-0.4, -0.2) is 76.3 Å². The predicted molar refractivity (Wildman–Crippen MR) is 92.7 cm³/mol. The minimum atomic E-state index is 0.307. The van der Waals surface area contributed by atoms with Gasteiger partial charge >= 0.3 is 0 Å². The largest absolute Gasteiger partial charge is 0.340 e. The standard InChI is InChI=1S/C17H30N6O/c1-14-19-15(2)23(20-14)13-16-4-3-8-21(12-16)9-5-17(24)22-10-6-18-7-11-22/h16,18H,3-13H2,1-2H3. The second-order valence-electron chi connectivity index (χ2n) is 7.08. The van der Waals surface area contributed by atoms with Gasteiger partial charge in [-0.25, -0.2) is 9.67 Å². The van der Waals surface area contributed by atoms with Gasteiger partial charge < -0.3 is 15.1 Å². The van der Waals surface area contributed by atoms with Crippen LogP contribution in [0.1, 0.15) is 30.9 Å². The zero-order valence-electron chi connectivity index (χ0n) is 15.0. The summed E-state index contributed by atoms with van der Waals surface area (Å²) in [4.78, 5) is 21.2. The van der Waals surface area contributed by atoms with Gasteiger partial charge in [-0.3, -0.25) is 4.79 Å². The number of piperazine rings is 1. The molecule has 0 aliphatic carbocycles. The predicted octanol–water partition coefficient (Wildman–Crippen LogP) is 0.429.